The first-order valence-corrected chi connectivity index (χ1v) is 9.96. The molecule has 0 spiro atoms. The number of hydrogen-bond acceptors (Lipinski definition) is 6. The molecule has 2 aromatic rings. The maximum Gasteiger partial charge on any atom is 0.387 e. The molecule has 9 nitrogen and oxygen atoms in total. The highest BCUT2D eigenvalue weighted by Crippen LogP contribution is 2.36. The van der Waals surface area contributed by atoms with Crippen LogP contribution in [-0.4, -0.2) is 41.6 Å². The second-order valence-corrected chi connectivity index (χ2v) is 7.38. The summed E-state index contributed by atoms with van der Waals surface area (Å²) in [6.45, 7) is -1.33. The van der Waals surface area contributed by atoms with E-state index in [4.69, 9.17) is 17.0 Å². The fourth-order valence-electron chi connectivity index (χ4n) is 3.33. The lowest BCUT2D eigenvalue weighted by molar-refractivity contribution is -0.384. The largest absolute Gasteiger partial charge is 0.493 e. The van der Waals surface area contributed by atoms with Gasteiger partial charge in [-0.2, -0.15) is 8.78 Å². The van der Waals surface area contributed by atoms with Crippen molar-refractivity contribution in [3.8, 4) is 11.5 Å². The third-order valence-electron chi connectivity index (χ3n) is 5.05. The van der Waals surface area contributed by atoms with E-state index in [1.54, 1.807) is 18.9 Å². The molecule has 1 aliphatic heterocycles. The fraction of sp³-hybridized carbons (Fsp3) is 0.238. The molecule has 0 aromatic heterocycles. The Kier molecular flexibility index (Phi) is 7.07. The summed E-state index contributed by atoms with van der Waals surface area (Å²) in [4.78, 5) is 25.4. The first-order valence-electron chi connectivity index (χ1n) is 9.56. The molecule has 174 valence electrons. The van der Waals surface area contributed by atoms with Crippen LogP contribution in [0, 0.1) is 10.1 Å². The molecule has 0 fully saturated rings. The summed E-state index contributed by atoms with van der Waals surface area (Å²) in [7, 11) is 2.99. The van der Waals surface area contributed by atoms with Crippen molar-refractivity contribution in [2.45, 2.75) is 19.6 Å². The van der Waals surface area contributed by atoms with Gasteiger partial charge in [0.15, 0.2) is 16.6 Å². The van der Waals surface area contributed by atoms with Gasteiger partial charge in [0.2, 0.25) is 0 Å². The number of carbonyl (C=O) groups is 1. The summed E-state index contributed by atoms with van der Waals surface area (Å²) >= 11 is 5.36. The van der Waals surface area contributed by atoms with Crippen LogP contribution in [-0.2, 0) is 4.79 Å². The standard InChI is InChI=1S/C21H20F2N4O5S/c1-11-17(19(28)24-13-5-4-6-14(10-13)27(29)30)18(25-21(33)26(11)2)12-7-8-15(32-20(22)23)16(9-12)31-3/h4-10,18,20H,1-3H3,(H,24,28)(H,25,33). The number of non-ortho nitro benzene ring substituents is 1. The second-order valence-electron chi connectivity index (χ2n) is 6.99. The van der Waals surface area contributed by atoms with Crippen LogP contribution >= 0.6 is 12.2 Å². The van der Waals surface area contributed by atoms with E-state index in [-0.39, 0.29) is 28.4 Å². The zero-order chi connectivity index (χ0) is 24.3. The number of halogens is 2. The molecule has 0 radical (unpaired) electrons. The molecular weight excluding hydrogens is 458 g/mol. The zero-order valence-electron chi connectivity index (χ0n) is 17.8. The van der Waals surface area contributed by atoms with Gasteiger partial charge in [-0.15, -0.1) is 0 Å². The third kappa shape index (κ3) is 5.17. The Balaban J connectivity index is 2.00. The van der Waals surface area contributed by atoms with Crippen LogP contribution in [0.3, 0.4) is 0 Å². The molecule has 2 aromatic carbocycles. The van der Waals surface area contributed by atoms with Crippen LogP contribution in [0.25, 0.3) is 0 Å². The number of carbonyl (C=O) groups excluding carboxylic acids is 1. The van der Waals surface area contributed by atoms with Crippen molar-refractivity contribution in [2.24, 2.45) is 0 Å². The van der Waals surface area contributed by atoms with Gasteiger partial charge in [-0.05, 0) is 42.9 Å². The average molecular weight is 478 g/mol. The minimum absolute atomic E-state index is 0.0514. The number of nitrogens with zero attached hydrogens (tertiary/aromatic N) is 2. The number of nitrogens with one attached hydrogen (secondary N) is 2. The van der Waals surface area contributed by atoms with E-state index in [1.165, 1.54) is 49.6 Å². The molecule has 0 aliphatic carbocycles. The molecule has 33 heavy (non-hydrogen) atoms. The Hall–Kier alpha value is -3.80. The summed E-state index contributed by atoms with van der Waals surface area (Å²) in [5.41, 5.74) is 1.39. The van der Waals surface area contributed by atoms with Gasteiger partial charge in [-0.3, -0.25) is 14.9 Å². The van der Waals surface area contributed by atoms with E-state index < -0.39 is 23.5 Å². The summed E-state index contributed by atoms with van der Waals surface area (Å²) in [5, 5.41) is 17.1. The van der Waals surface area contributed by atoms with Gasteiger partial charge in [-0.25, -0.2) is 0 Å². The molecular formula is C21H20F2N4O5S. The van der Waals surface area contributed by atoms with Crippen molar-refractivity contribution in [2.75, 3.05) is 19.5 Å². The molecule has 12 heteroatoms. The van der Waals surface area contributed by atoms with Crippen molar-refractivity contribution >= 4 is 34.6 Å². The van der Waals surface area contributed by atoms with Gasteiger partial charge in [0, 0.05) is 30.6 Å². The monoisotopic (exact) mass is 478 g/mol. The summed E-state index contributed by atoms with van der Waals surface area (Å²) in [6, 6.07) is 9.09. The molecule has 1 unspecified atom stereocenters. The second kappa shape index (κ2) is 9.77. The van der Waals surface area contributed by atoms with Gasteiger partial charge in [0.1, 0.15) is 0 Å². The highest BCUT2D eigenvalue weighted by molar-refractivity contribution is 7.80. The Morgan fingerprint density at radius 3 is 2.64 bits per heavy atom. The Labute approximate surface area is 193 Å². The predicted octanol–water partition coefficient (Wildman–Crippen LogP) is 3.98. The quantitative estimate of drug-likeness (QED) is 0.350. The maximum absolute atomic E-state index is 13.3. The smallest absolute Gasteiger partial charge is 0.387 e. The van der Waals surface area contributed by atoms with Crippen LogP contribution in [0.5, 0.6) is 11.5 Å². The van der Waals surface area contributed by atoms with Crippen molar-refractivity contribution in [1.82, 2.24) is 10.2 Å². The summed E-state index contributed by atoms with van der Waals surface area (Å²) in [6.07, 6.45) is 0. The van der Waals surface area contributed by atoms with E-state index in [1.807, 2.05) is 0 Å². The van der Waals surface area contributed by atoms with E-state index in [0.29, 0.717) is 16.4 Å². The highest BCUT2D eigenvalue weighted by Gasteiger charge is 2.33. The van der Waals surface area contributed by atoms with Gasteiger partial charge in [-0.1, -0.05) is 12.1 Å². The number of nitro benzene ring substituents is 1. The topological polar surface area (TPSA) is 106 Å². The van der Waals surface area contributed by atoms with E-state index >= 15 is 0 Å². The minimum Gasteiger partial charge on any atom is -0.493 e. The number of thiocarbonyl (C=S) groups is 1. The maximum atomic E-state index is 13.3. The molecule has 0 bridgehead atoms. The summed E-state index contributed by atoms with van der Waals surface area (Å²) in [5.74, 6) is -0.627. The molecule has 2 N–H and O–H groups in total. The van der Waals surface area contributed by atoms with Crippen LogP contribution < -0.4 is 20.1 Å². The van der Waals surface area contributed by atoms with Gasteiger partial charge < -0.3 is 25.0 Å². The number of ether oxygens (including phenoxy) is 2. The lowest BCUT2D eigenvalue weighted by Crippen LogP contribution is -2.46. The van der Waals surface area contributed by atoms with Crippen molar-refractivity contribution in [3.63, 3.8) is 0 Å². The number of anilines is 1. The lowest BCUT2D eigenvalue weighted by atomic mass is 9.94. The molecule has 0 saturated carbocycles. The highest BCUT2D eigenvalue weighted by atomic mass is 32.1. The first-order chi connectivity index (χ1) is 15.6. The van der Waals surface area contributed by atoms with Gasteiger partial charge in [0.05, 0.1) is 23.6 Å². The summed E-state index contributed by atoms with van der Waals surface area (Å²) < 4.78 is 35.0. The molecule has 0 saturated heterocycles. The minimum atomic E-state index is -3.03. The molecule has 1 atom stereocenters. The van der Waals surface area contributed by atoms with Gasteiger partial charge in [0.25, 0.3) is 11.6 Å². The molecule has 1 amide bonds. The van der Waals surface area contributed by atoms with Crippen molar-refractivity contribution < 1.29 is 28.0 Å². The van der Waals surface area contributed by atoms with Crippen molar-refractivity contribution in [1.29, 1.82) is 0 Å². The lowest BCUT2D eigenvalue weighted by Gasteiger charge is -2.36. The fourth-order valence-corrected chi connectivity index (χ4v) is 3.59. The molecule has 3 rings (SSSR count). The van der Waals surface area contributed by atoms with E-state index in [2.05, 4.69) is 15.4 Å². The van der Waals surface area contributed by atoms with Crippen LogP contribution in [0.15, 0.2) is 53.7 Å². The number of methoxy groups -OCH3 is 1. The van der Waals surface area contributed by atoms with Crippen LogP contribution in [0.2, 0.25) is 0 Å². The van der Waals surface area contributed by atoms with Crippen molar-refractivity contribution in [3.05, 3.63) is 69.4 Å². The number of amides is 1. The number of nitro groups is 1. The Bertz CT molecular complexity index is 1140. The number of benzene rings is 2. The average Bonchev–Trinajstić information content (AvgIpc) is 2.77. The number of allylic oxidation sites excluding steroid dienone is 1. The van der Waals surface area contributed by atoms with Crippen LogP contribution in [0.1, 0.15) is 18.5 Å². The normalized spacial score (nSPS) is 15.9. The third-order valence-corrected chi connectivity index (χ3v) is 5.44. The van der Waals surface area contributed by atoms with Gasteiger partial charge >= 0.3 is 6.61 Å². The van der Waals surface area contributed by atoms with Crippen LogP contribution in [0.4, 0.5) is 20.2 Å². The Morgan fingerprint density at radius 1 is 1.27 bits per heavy atom. The van der Waals surface area contributed by atoms with E-state index in [0.717, 1.165) is 0 Å². The first kappa shape index (κ1) is 23.9. The number of hydrogen-bond donors (Lipinski definition) is 2. The van der Waals surface area contributed by atoms with E-state index in [9.17, 15) is 23.7 Å². The molecule has 1 heterocycles. The SMILES string of the molecule is COc1cc(C2NC(=S)N(C)C(C)=C2C(=O)Nc2cccc([N+](=O)[O-])c2)ccc1OC(F)F. The predicted molar refractivity (Wildman–Crippen MR) is 120 cm³/mol. The number of alkyl halides is 2. The Morgan fingerprint density at radius 2 is 2.00 bits per heavy atom. The molecule has 1 aliphatic rings. The zero-order valence-corrected chi connectivity index (χ0v) is 18.6. The number of rotatable bonds is 7.